The number of hydrogen-bond acceptors (Lipinski definition) is 2. The molecule has 0 aliphatic carbocycles. The Balaban J connectivity index is 1.98. The molecule has 0 unspecified atom stereocenters. The molecule has 0 aliphatic heterocycles. The van der Waals surface area contributed by atoms with Crippen LogP contribution in [0.1, 0.15) is 16.7 Å². The van der Waals surface area contributed by atoms with Crippen LogP contribution < -0.4 is 10.7 Å². The zero-order valence-electron chi connectivity index (χ0n) is 12.8. The maximum absolute atomic E-state index is 12.9. The molecule has 0 aliphatic rings. The number of halogens is 6. The summed E-state index contributed by atoms with van der Waals surface area (Å²) >= 11 is 4.85. The van der Waals surface area contributed by atoms with E-state index in [1.165, 1.54) is 36.5 Å². The molecule has 10 heteroatoms. The summed E-state index contributed by atoms with van der Waals surface area (Å²) in [6.07, 6.45) is -7.81. The van der Waals surface area contributed by atoms with Crippen LogP contribution in [0.4, 0.5) is 32.0 Å². The number of nitrogens with zero attached hydrogens (tertiary/aromatic N) is 1. The van der Waals surface area contributed by atoms with E-state index in [9.17, 15) is 26.3 Å². The van der Waals surface area contributed by atoms with Crippen LogP contribution in [0, 0.1) is 0 Å². The molecule has 0 spiro atoms. The van der Waals surface area contributed by atoms with E-state index in [-0.39, 0.29) is 10.8 Å². The standard InChI is InChI=1S/C16H11F6N3S/c17-15(18,19)11-7-5-10(6-8-11)9-23-25-14(26)24-13-4-2-1-3-12(13)16(20,21)22/h1-9H,(H2,24,25,26)/b23-9-. The van der Waals surface area contributed by atoms with Crippen LogP contribution in [-0.4, -0.2) is 11.3 Å². The van der Waals surface area contributed by atoms with Crippen LogP contribution in [0.2, 0.25) is 0 Å². The van der Waals surface area contributed by atoms with Crippen molar-refractivity contribution < 1.29 is 26.3 Å². The lowest BCUT2D eigenvalue weighted by molar-refractivity contribution is -0.138. The minimum atomic E-state index is -4.55. The van der Waals surface area contributed by atoms with Gasteiger partial charge in [0.2, 0.25) is 0 Å². The first-order valence-electron chi connectivity index (χ1n) is 7.01. The summed E-state index contributed by atoms with van der Waals surface area (Å²) < 4.78 is 76.0. The summed E-state index contributed by atoms with van der Waals surface area (Å²) in [4.78, 5) is 0. The number of para-hydroxylation sites is 1. The van der Waals surface area contributed by atoms with Gasteiger partial charge in [-0.05, 0) is 42.0 Å². The molecule has 0 radical (unpaired) electrons. The molecule has 2 N–H and O–H groups in total. The molecular weight excluding hydrogens is 380 g/mol. The monoisotopic (exact) mass is 391 g/mol. The van der Waals surface area contributed by atoms with E-state index >= 15 is 0 Å². The van der Waals surface area contributed by atoms with Gasteiger partial charge in [0.15, 0.2) is 5.11 Å². The van der Waals surface area contributed by atoms with Crippen LogP contribution in [0.3, 0.4) is 0 Å². The lowest BCUT2D eigenvalue weighted by Crippen LogP contribution is -2.25. The molecule has 0 bridgehead atoms. The zero-order chi connectivity index (χ0) is 19.4. The quantitative estimate of drug-likeness (QED) is 0.333. The van der Waals surface area contributed by atoms with E-state index in [0.717, 1.165) is 18.2 Å². The minimum absolute atomic E-state index is 0.204. The topological polar surface area (TPSA) is 36.4 Å². The molecule has 0 fully saturated rings. The summed E-state index contributed by atoms with van der Waals surface area (Å²) in [5.74, 6) is 0. The molecule has 0 saturated carbocycles. The third-order valence-electron chi connectivity index (χ3n) is 3.10. The largest absolute Gasteiger partial charge is 0.418 e. The van der Waals surface area contributed by atoms with Crippen molar-refractivity contribution in [1.82, 2.24) is 5.43 Å². The van der Waals surface area contributed by atoms with E-state index in [1.54, 1.807) is 0 Å². The van der Waals surface area contributed by atoms with Crippen molar-refractivity contribution in [3.8, 4) is 0 Å². The first-order chi connectivity index (χ1) is 12.1. The Morgan fingerprint density at radius 1 is 0.885 bits per heavy atom. The van der Waals surface area contributed by atoms with Gasteiger partial charge in [0.05, 0.1) is 23.0 Å². The molecule has 0 amide bonds. The van der Waals surface area contributed by atoms with Crippen molar-refractivity contribution in [2.45, 2.75) is 12.4 Å². The first-order valence-corrected chi connectivity index (χ1v) is 7.42. The fourth-order valence-electron chi connectivity index (χ4n) is 1.91. The molecule has 2 aromatic rings. The van der Waals surface area contributed by atoms with E-state index in [1.807, 2.05) is 0 Å². The minimum Gasteiger partial charge on any atom is -0.331 e. The van der Waals surface area contributed by atoms with E-state index in [4.69, 9.17) is 12.2 Å². The van der Waals surface area contributed by atoms with Crippen molar-refractivity contribution in [1.29, 1.82) is 0 Å². The third kappa shape index (κ3) is 5.45. The molecular formula is C16H11F6N3S. The highest BCUT2D eigenvalue weighted by Gasteiger charge is 2.33. The number of alkyl halides is 6. The molecule has 0 atom stereocenters. The Kier molecular flexibility index (Phi) is 5.86. The fraction of sp³-hybridized carbons (Fsp3) is 0.125. The van der Waals surface area contributed by atoms with Crippen LogP contribution in [0.15, 0.2) is 53.6 Å². The molecule has 0 aromatic heterocycles. The highest BCUT2D eigenvalue weighted by atomic mass is 32.1. The van der Waals surface area contributed by atoms with Crippen LogP contribution >= 0.6 is 12.2 Å². The summed E-state index contributed by atoms with van der Waals surface area (Å²) in [5.41, 5.74) is 0.711. The Morgan fingerprint density at radius 3 is 2.08 bits per heavy atom. The number of thiocarbonyl (C=S) groups is 1. The second-order valence-corrected chi connectivity index (χ2v) is 5.40. The number of benzene rings is 2. The first kappa shape index (κ1) is 19.7. The smallest absolute Gasteiger partial charge is 0.331 e. The van der Waals surface area contributed by atoms with Gasteiger partial charge in [-0.3, -0.25) is 5.43 Å². The van der Waals surface area contributed by atoms with Gasteiger partial charge in [-0.15, -0.1) is 0 Å². The summed E-state index contributed by atoms with van der Waals surface area (Å²) in [6, 6.07) is 8.92. The van der Waals surface area contributed by atoms with Gasteiger partial charge in [-0.1, -0.05) is 24.3 Å². The SMILES string of the molecule is FC(F)(F)c1ccc(/C=N\NC(=S)Nc2ccccc2C(F)(F)F)cc1. The van der Waals surface area contributed by atoms with E-state index in [2.05, 4.69) is 15.8 Å². The van der Waals surface area contributed by atoms with Crippen LogP contribution in [0.5, 0.6) is 0 Å². The normalized spacial score (nSPS) is 12.2. The highest BCUT2D eigenvalue weighted by molar-refractivity contribution is 7.80. The van der Waals surface area contributed by atoms with E-state index in [0.29, 0.717) is 5.56 Å². The summed E-state index contributed by atoms with van der Waals surface area (Å²) in [7, 11) is 0. The molecule has 2 aromatic carbocycles. The number of hydrazone groups is 1. The second kappa shape index (κ2) is 7.73. The molecule has 26 heavy (non-hydrogen) atoms. The van der Waals surface area contributed by atoms with Gasteiger partial charge in [-0.25, -0.2) is 0 Å². The third-order valence-corrected chi connectivity index (χ3v) is 3.29. The van der Waals surface area contributed by atoms with Crippen molar-refractivity contribution >= 4 is 29.2 Å². The van der Waals surface area contributed by atoms with E-state index < -0.39 is 23.5 Å². The number of hydrogen-bond donors (Lipinski definition) is 2. The Morgan fingerprint density at radius 2 is 1.50 bits per heavy atom. The zero-order valence-corrected chi connectivity index (χ0v) is 13.6. The Labute approximate surface area is 149 Å². The van der Waals surface area contributed by atoms with Gasteiger partial charge in [-0.2, -0.15) is 31.4 Å². The average molecular weight is 391 g/mol. The van der Waals surface area contributed by atoms with Gasteiger partial charge < -0.3 is 5.32 Å². The average Bonchev–Trinajstić information content (AvgIpc) is 2.54. The molecule has 3 nitrogen and oxygen atoms in total. The van der Waals surface area contributed by atoms with Crippen LogP contribution in [0.25, 0.3) is 0 Å². The van der Waals surface area contributed by atoms with Gasteiger partial charge in [0.1, 0.15) is 0 Å². The van der Waals surface area contributed by atoms with Crippen molar-refractivity contribution in [3.05, 3.63) is 65.2 Å². The van der Waals surface area contributed by atoms with Gasteiger partial charge >= 0.3 is 12.4 Å². The van der Waals surface area contributed by atoms with Crippen LogP contribution in [-0.2, 0) is 12.4 Å². The maximum atomic E-state index is 12.9. The Bertz CT molecular complexity index is 797. The number of nitrogens with one attached hydrogen (secondary N) is 2. The summed E-state index contributed by atoms with van der Waals surface area (Å²) in [6.45, 7) is 0. The molecule has 0 heterocycles. The lowest BCUT2D eigenvalue weighted by atomic mass is 10.1. The van der Waals surface area contributed by atoms with Gasteiger partial charge in [0, 0.05) is 0 Å². The molecule has 0 saturated heterocycles. The molecule has 2 rings (SSSR count). The lowest BCUT2D eigenvalue weighted by Gasteiger charge is -2.14. The van der Waals surface area contributed by atoms with Crippen molar-refractivity contribution in [3.63, 3.8) is 0 Å². The van der Waals surface area contributed by atoms with Crippen molar-refractivity contribution in [2.24, 2.45) is 5.10 Å². The van der Waals surface area contributed by atoms with Gasteiger partial charge in [0.25, 0.3) is 0 Å². The fourth-order valence-corrected chi connectivity index (χ4v) is 2.08. The Hall–Kier alpha value is -2.62. The maximum Gasteiger partial charge on any atom is 0.418 e. The number of rotatable bonds is 3. The predicted octanol–water partition coefficient (Wildman–Crippen LogP) is 5.04. The predicted molar refractivity (Wildman–Crippen MR) is 89.8 cm³/mol. The highest BCUT2D eigenvalue weighted by Crippen LogP contribution is 2.34. The summed E-state index contributed by atoms with van der Waals surface area (Å²) in [5, 5.41) is 5.85. The second-order valence-electron chi connectivity index (χ2n) is 4.99. The van der Waals surface area contributed by atoms with Crippen molar-refractivity contribution in [2.75, 3.05) is 5.32 Å². The molecule has 138 valence electrons. The number of anilines is 1.